The minimum absolute atomic E-state index is 0.0635. The van der Waals surface area contributed by atoms with Gasteiger partial charge in [0.05, 0.1) is 51.2 Å². The number of fused-ring (bicyclic) bond motifs is 1. The molecule has 0 unspecified atom stereocenters. The van der Waals surface area contributed by atoms with E-state index in [0.29, 0.717) is 81.9 Å². The van der Waals surface area contributed by atoms with Gasteiger partial charge in [0.1, 0.15) is 0 Å². The van der Waals surface area contributed by atoms with E-state index in [2.05, 4.69) is 21.3 Å². The molecule has 2 aliphatic rings. The van der Waals surface area contributed by atoms with Gasteiger partial charge in [0, 0.05) is 54.6 Å². The molecule has 55 heavy (non-hydrogen) atoms. The molecule has 4 amide bonds. The molecule has 12 nitrogen and oxygen atoms in total. The van der Waals surface area contributed by atoms with Crippen LogP contribution >= 0.6 is 19.7 Å². The van der Waals surface area contributed by atoms with Crippen LogP contribution in [0.15, 0.2) is 78.9 Å². The summed E-state index contributed by atoms with van der Waals surface area (Å²) in [5, 5.41) is 15.2. The third-order valence-corrected chi connectivity index (χ3v) is 13.3. The highest BCUT2D eigenvalue weighted by atomic mass is 32.2. The number of thioether (sulfide) groups is 1. The van der Waals surface area contributed by atoms with Crippen molar-refractivity contribution in [1.29, 1.82) is 0 Å². The average Bonchev–Trinajstić information content (AvgIpc) is 3.77. The van der Waals surface area contributed by atoms with Gasteiger partial charge in [0.25, 0.3) is 5.91 Å². The second-order valence-electron chi connectivity index (χ2n) is 13.2. The van der Waals surface area contributed by atoms with Crippen LogP contribution < -0.4 is 37.2 Å². The Hall–Kier alpha value is -4.00. The van der Waals surface area contributed by atoms with Crippen LogP contribution in [0.4, 0.5) is 4.79 Å². The molecule has 296 valence electrons. The second-order valence-corrected chi connectivity index (χ2v) is 16.7. The molecular formula is C41H53N4O8PS. The van der Waals surface area contributed by atoms with Crippen molar-refractivity contribution in [1.82, 2.24) is 21.3 Å². The molecule has 3 aromatic carbocycles. The van der Waals surface area contributed by atoms with E-state index in [-0.39, 0.29) is 29.9 Å². The van der Waals surface area contributed by atoms with Crippen LogP contribution in [0.3, 0.4) is 0 Å². The zero-order valence-corrected chi connectivity index (χ0v) is 33.2. The Labute approximate surface area is 329 Å². The van der Waals surface area contributed by atoms with E-state index in [1.54, 1.807) is 12.1 Å². The van der Waals surface area contributed by atoms with Crippen molar-refractivity contribution in [2.75, 3.05) is 65.6 Å². The molecule has 0 spiro atoms. The van der Waals surface area contributed by atoms with Gasteiger partial charge in [-0.05, 0) is 62.4 Å². The first kappa shape index (κ1) is 42.1. The summed E-state index contributed by atoms with van der Waals surface area (Å²) in [7, 11) is 0.235. The van der Waals surface area contributed by atoms with Crippen LogP contribution in [-0.4, -0.2) is 107 Å². The van der Waals surface area contributed by atoms with E-state index >= 15 is 0 Å². The molecule has 2 heterocycles. The third-order valence-electron chi connectivity index (χ3n) is 9.30. The Kier molecular flexibility index (Phi) is 17.7. The lowest BCUT2D eigenvalue weighted by molar-refractivity contribution is -0.121. The maximum Gasteiger partial charge on any atom is 0.338 e. The summed E-state index contributed by atoms with van der Waals surface area (Å²) >= 11 is 1.90. The highest BCUT2D eigenvalue weighted by Gasteiger charge is 2.42. The summed E-state index contributed by atoms with van der Waals surface area (Å²) < 4.78 is 22.0. The first-order valence-electron chi connectivity index (χ1n) is 19.0. The van der Waals surface area contributed by atoms with Crippen LogP contribution in [0.5, 0.6) is 0 Å². The first-order chi connectivity index (χ1) is 26.9. The fourth-order valence-corrected chi connectivity index (χ4v) is 10.5. The van der Waals surface area contributed by atoms with Crippen molar-refractivity contribution in [3.8, 4) is 0 Å². The number of unbranched alkanes of at least 4 members (excludes halogenated alkanes) is 1. The van der Waals surface area contributed by atoms with Crippen LogP contribution in [0.1, 0.15) is 59.2 Å². The van der Waals surface area contributed by atoms with Gasteiger partial charge in [-0.15, -0.1) is 0 Å². The number of rotatable bonds is 24. The number of amides is 4. The van der Waals surface area contributed by atoms with Crippen LogP contribution in [-0.2, 0) is 23.7 Å². The van der Waals surface area contributed by atoms with Crippen LogP contribution in [0.2, 0.25) is 0 Å². The lowest BCUT2D eigenvalue weighted by atomic mass is 10.0. The molecule has 0 radical (unpaired) electrons. The van der Waals surface area contributed by atoms with Crippen LogP contribution in [0.25, 0.3) is 0 Å². The number of hydrogen-bond acceptors (Lipinski definition) is 9. The van der Waals surface area contributed by atoms with Crippen LogP contribution in [0, 0.1) is 0 Å². The monoisotopic (exact) mass is 792 g/mol. The van der Waals surface area contributed by atoms with Crippen molar-refractivity contribution in [3.63, 3.8) is 0 Å². The molecule has 0 bridgehead atoms. The lowest BCUT2D eigenvalue weighted by Crippen LogP contribution is -2.36. The Bertz CT molecular complexity index is 1630. The quantitative estimate of drug-likeness (QED) is 0.0462. The van der Waals surface area contributed by atoms with Gasteiger partial charge < -0.3 is 40.2 Å². The number of esters is 1. The smallest absolute Gasteiger partial charge is 0.338 e. The summed E-state index contributed by atoms with van der Waals surface area (Å²) in [4.78, 5) is 49.7. The highest BCUT2D eigenvalue weighted by Crippen LogP contribution is 2.35. The van der Waals surface area contributed by atoms with E-state index in [9.17, 15) is 19.2 Å². The predicted octanol–water partition coefficient (Wildman–Crippen LogP) is 3.63. The molecule has 3 atom stereocenters. The lowest BCUT2D eigenvalue weighted by Gasteiger charge is -2.22. The molecule has 4 N–H and O–H groups in total. The van der Waals surface area contributed by atoms with E-state index in [1.807, 2.05) is 78.5 Å². The average molecular weight is 793 g/mol. The van der Waals surface area contributed by atoms with Gasteiger partial charge in [0.2, 0.25) is 5.91 Å². The minimum atomic E-state index is -1.13. The Balaban J connectivity index is 0.884. The van der Waals surface area contributed by atoms with Crippen molar-refractivity contribution >= 4 is 59.4 Å². The van der Waals surface area contributed by atoms with Gasteiger partial charge in [0.15, 0.2) is 0 Å². The SMILES string of the molecule is COC(=O)c1ccc(C(=O)NCCCOCCOCCOCCCNC(=O)CCCC[C@@H]2SC[C@@H]3NC(=O)N[C@@H]32)cc1P(c1ccccc1)c1ccccc1. The summed E-state index contributed by atoms with van der Waals surface area (Å²) in [6, 6.07) is 25.6. The number of hydrogen-bond donors (Lipinski definition) is 4. The van der Waals surface area contributed by atoms with E-state index in [1.165, 1.54) is 7.11 Å². The minimum Gasteiger partial charge on any atom is -0.465 e. The normalized spacial score (nSPS) is 17.3. The number of carbonyl (C=O) groups is 4. The number of methoxy groups -OCH3 is 1. The zero-order valence-electron chi connectivity index (χ0n) is 31.5. The van der Waals surface area contributed by atoms with Gasteiger partial charge in [-0.2, -0.15) is 11.8 Å². The number of nitrogens with one attached hydrogen (secondary N) is 4. The highest BCUT2D eigenvalue weighted by molar-refractivity contribution is 8.00. The maximum absolute atomic E-state index is 13.2. The van der Waals surface area contributed by atoms with Crippen molar-refractivity contribution in [3.05, 3.63) is 90.0 Å². The Morgan fingerprint density at radius 1 is 0.764 bits per heavy atom. The molecular weight excluding hydrogens is 740 g/mol. The van der Waals surface area contributed by atoms with E-state index < -0.39 is 13.9 Å². The van der Waals surface area contributed by atoms with Gasteiger partial charge in [-0.3, -0.25) is 9.59 Å². The summed E-state index contributed by atoms with van der Waals surface area (Å²) in [5.41, 5.74) is 0.916. The number of urea groups is 1. The maximum atomic E-state index is 13.2. The molecule has 0 saturated carbocycles. The third kappa shape index (κ3) is 13.3. The van der Waals surface area contributed by atoms with Gasteiger partial charge in [-0.1, -0.05) is 67.1 Å². The van der Waals surface area contributed by atoms with E-state index in [4.69, 9.17) is 18.9 Å². The van der Waals surface area contributed by atoms with Crippen molar-refractivity contribution in [2.24, 2.45) is 0 Å². The first-order valence-corrected chi connectivity index (χ1v) is 21.4. The molecule has 0 aromatic heterocycles. The molecule has 14 heteroatoms. The summed E-state index contributed by atoms with van der Waals surface area (Å²) in [6.07, 6.45) is 4.72. The predicted molar refractivity (Wildman–Crippen MR) is 217 cm³/mol. The summed E-state index contributed by atoms with van der Waals surface area (Å²) in [6.45, 7) is 3.86. The fraction of sp³-hybridized carbons (Fsp3) is 0.463. The van der Waals surface area contributed by atoms with Gasteiger partial charge in [-0.25, -0.2) is 9.59 Å². The van der Waals surface area contributed by atoms with Crippen molar-refractivity contribution < 1.29 is 38.1 Å². The summed E-state index contributed by atoms with van der Waals surface area (Å²) in [5.74, 6) is 0.361. The van der Waals surface area contributed by atoms with Crippen molar-refractivity contribution in [2.45, 2.75) is 55.9 Å². The number of benzene rings is 3. The fourth-order valence-electron chi connectivity index (χ4n) is 6.51. The molecule has 2 saturated heterocycles. The number of ether oxygens (including phenoxy) is 4. The standard InChI is InChI=1S/C41H53N4O8PS/c1-50-40(48)33-19-18-30(28-35(33)54(31-12-4-2-5-13-31)32-14-6-3-7-15-32)39(47)43-21-11-23-52-25-27-53-26-24-51-22-10-20-42-37(46)17-9-8-16-36-38-34(29-55-36)44-41(49)45-38/h2-7,12-15,18-19,28,34,36,38H,8-11,16-17,20-27,29H2,1H3,(H,42,46)(H,43,47)(H2,44,45,49)/t34-,36-,38-/m0/s1. The second kappa shape index (κ2) is 23.2. The zero-order chi connectivity index (χ0) is 38.7. The molecule has 3 aromatic rings. The molecule has 2 aliphatic heterocycles. The molecule has 5 rings (SSSR count). The largest absolute Gasteiger partial charge is 0.465 e. The molecule has 0 aliphatic carbocycles. The topological polar surface area (TPSA) is 153 Å². The molecule has 2 fully saturated rings. The Morgan fingerprint density at radius 2 is 1.38 bits per heavy atom. The van der Waals surface area contributed by atoms with E-state index in [0.717, 1.165) is 47.3 Å². The number of carbonyl (C=O) groups excluding carboxylic acids is 4. The van der Waals surface area contributed by atoms with Gasteiger partial charge >= 0.3 is 12.0 Å². The Morgan fingerprint density at radius 3 is 2.02 bits per heavy atom.